The smallest absolute Gasteiger partial charge is 0.0931 e. The van der Waals surface area contributed by atoms with Gasteiger partial charge >= 0.3 is 0 Å². The van der Waals surface area contributed by atoms with Crippen LogP contribution in [0, 0.1) is 5.92 Å². The van der Waals surface area contributed by atoms with Crippen LogP contribution in [0.2, 0.25) is 9.36 Å². The summed E-state index contributed by atoms with van der Waals surface area (Å²) in [6, 6.07) is 11.7. The van der Waals surface area contributed by atoms with Gasteiger partial charge in [-0.2, -0.15) is 0 Å². The second kappa shape index (κ2) is 9.07. The van der Waals surface area contributed by atoms with Crippen LogP contribution in [-0.2, 0) is 12.0 Å². The van der Waals surface area contributed by atoms with Gasteiger partial charge in [0.05, 0.1) is 9.94 Å². The molecule has 6 heteroatoms. The molecule has 0 radical (unpaired) electrons. The first-order valence-electron chi connectivity index (χ1n) is 8.40. The summed E-state index contributed by atoms with van der Waals surface area (Å²) in [7, 11) is 0. The highest BCUT2D eigenvalue weighted by atomic mass is 35.5. The molecule has 138 valence electrons. The monoisotopic (exact) mass is 419 g/mol. The van der Waals surface area contributed by atoms with Crippen LogP contribution >= 0.6 is 46.9 Å². The minimum atomic E-state index is -0.794. The second-order valence-electron chi connectivity index (χ2n) is 6.73. The molecule has 1 N–H and O–H groups in total. The molecule has 0 saturated carbocycles. The lowest BCUT2D eigenvalue weighted by atomic mass is 9.77. The lowest BCUT2D eigenvalue weighted by Gasteiger charge is -2.40. The number of halogens is 3. The number of likely N-dealkylation sites (tertiary alicyclic amines) is 1. The number of thiophene rings is 1. The van der Waals surface area contributed by atoms with Crippen molar-refractivity contribution in [2.75, 3.05) is 19.6 Å². The third-order valence-electron chi connectivity index (χ3n) is 5.11. The topological polar surface area (TPSA) is 23.5 Å². The Hall–Kier alpha value is -0.290. The van der Waals surface area contributed by atoms with Gasteiger partial charge < -0.3 is 10.0 Å². The Bertz CT molecular complexity index is 664. The maximum absolute atomic E-state index is 11.0. The molecule has 2 nitrogen and oxygen atoms in total. The summed E-state index contributed by atoms with van der Waals surface area (Å²) < 4.78 is 0.864. The first kappa shape index (κ1) is 21.0. The molecule has 0 amide bonds. The maximum Gasteiger partial charge on any atom is 0.0931 e. The molecule has 1 unspecified atom stereocenters. The maximum atomic E-state index is 11.0. The zero-order chi connectivity index (χ0) is 17.2. The number of benzene rings is 1. The number of hydrogen-bond acceptors (Lipinski definition) is 3. The molecule has 1 aliphatic rings. The third kappa shape index (κ3) is 5.35. The van der Waals surface area contributed by atoms with E-state index in [9.17, 15) is 5.11 Å². The summed E-state index contributed by atoms with van der Waals surface area (Å²) in [6.45, 7) is 5.07. The van der Waals surface area contributed by atoms with Crippen molar-refractivity contribution in [2.45, 2.75) is 31.8 Å². The summed E-state index contributed by atoms with van der Waals surface area (Å²) in [5, 5.41) is 11.7. The van der Waals surface area contributed by atoms with Crippen molar-refractivity contribution in [3.05, 3.63) is 56.2 Å². The predicted octanol–water partition coefficient (Wildman–Crippen LogP) is 5.64. The largest absolute Gasteiger partial charge is 0.385 e. The average Bonchev–Trinajstić information content (AvgIpc) is 2.99. The van der Waals surface area contributed by atoms with Gasteiger partial charge in [0.2, 0.25) is 0 Å². The number of aliphatic hydroxyl groups is 1. The van der Waals surface area contributed by atoms with E-state index in [-0.39, 0.29) is 18.3 Å². The molecule has 2 heterocycles. The van der Waals surface area contributed by atoms with E-state index < -0.39 is 5.60 Å². The molecule has 1 aromatic heterocycles. The van der Waals surface area contributed by atoms with E-state index >= 15 is 0 Å². The Kier molecular flexibility index (Phi) is 7.63. The number of nitrogens with zero attached hydrogens (tertiary/aromatic N) is 1. The van der Waals surface area contributed by atoms with Gasteiger partial charge in [-0.05, 0) is 75.0 Å². The first-order valence-corrected chi connectivity index (χ1v) is 9.97. The van der Waals surface area contributed by atoms with Gasteiger partial charge in [-0.3, -0.25) is 0 Å². The highest BCUT2D eigenvalue weighted by molar-refractivity contribution is 7.16. The highest BCUT2D eigenvalue weighted by Gasteiger charge is 2.35. The van der Waals surface area contributed by atoms with Gasteiger partial charge in [0.25, 0.3) is 0 Å². The third-order valence-corrected chi connectivity index (χ3v) is 6.66. The van der Waals surface area contributed by atoms with E-state index in [1.807, 2.05) is 37.3 Å². The normalized spacial score (nSPS) is 18.6. The lowest BCUT2D eigenvalue weighted by molar-refractivity contribution is -0.0328. The number of hydrogen-bond donors (Lipinski definition) is 1. The summed E-state index contributed by atoms with van der Waals surface area (Å²) in [6.07, 6.45) is 3.08. The average molecular weight is 421 g/mol. The van der Waals surface area contributed by atoms with Crippen LogP contribution in [0.4, 0.5) is 0 Å². The van der Waals surface area contributed by atoms with Crippen LogP contribution in [0.3, 0.4) is 0 Å². The van der Waals surface area contributed by atoms with Crippen molar-refractivity contribution in [3.8, 4) is 0 Å². The zero-order valence-corrected chi connectivity index (χ0v) is 17.4. The fourth-order valence-electron chi connectivity index (χ4n) is 3.50. The zero-order valence-electron chi connectivity index (χ0n) is 14.3. The van der Waals surface area contributed by atoms with E-state index in [2.05, 4.69) is 11.0 Å². The van der Waals surface area contributed by atoms with Crippen LogP contribution in [0.15, 0.2) is 36.4 Å². The van der Waals surface area contributed by atoms with Crippen LogP contribution in [0.1, 0.15) is 30.2 Å². The molecule has 0 aliphatic carbocycles. The van der Waals surface area contributed by atoms with Gasteiger partial charge in [-0.25, -0.2) is 0 Å². The Morgan fingerprint density at radius 3 is 2.32 bits per heavy atom. The van der Waals surface area contributed by atoms with E-state index in [4.69, 9.17) is 23.2 Å². The minimum absolute atomic E-state index is 0. The highest BCUT2D eigenvalue weighted by Crippen LogP contribution is 2.36. The van der Waals surface area contributed by atoms with Gasteiger partial charge in [-0.15, -0.1) is 23.7 Å². The summed E-state index contributed by atoms with van der Waals surface area (Å²) in [5.74, 6) is 0.283. The van der Waals surface area contributed by atoms with Crippen LogP contribution in [-0.4, -0.2) is 29.6 Å². The molecule has 0 spiro atoms. The van der Waals surface area contributed by atoms with E-state index in [0.717, 1.165) is 48.8 Å². The summed E-state index contributed by atoms with van der Waals surface area (Å²) in [4.78, 5) is 3.83. The van der Waals surface area contributed by atoms with Crippen molar-refractivity contribution in [1.29, 1.82) is 0 Å². The lowest BCUT2D eigenvalue weighted by Crippen LogP contribution is -2.42. The number of rotatable bonds is 5. The Labute approximate surface area is 170 Å². The van der Waals surface area contributed by atoms with Gasteiger partial charge in [-0.1, -0.05) is 35.3 Å². The molecule has 1 aromatic carbocycles. The fraction of sp³-hybridized carbons (Fsp3) is 0.474. The molecule has 1 aliphatic heterocycles. The van der Waals surface area contributed by atoms with Crippen molar-refractivity contribution < 1.29 is 5.11 Å². The van der Waals surface area contributed by atoms with Crippen molar-refractivity contribution in [2.24, 2.45) is 5.92 Å². The molecule has 25 heavy (non-hydrogen) atoms. The van der Waals surface area contributed by atoms with Crippen LogP contribution < -0.4 is 0 Å². The van der Waals surface area contributed by atoms with Crippen molar-refractivity contribution >= 4 is 46.9 Å². The molecule has 1 atom stereocenters. The molecule has 0 bridgehead atoms. The van der Waals surface area contributed by atoms with Gasteiger partial charge in [0.15, 0.2) is 0 Å². The second-order valence-corrected chi connectivity index (χ2v) is 8.96. The Balaban J connectivity index is 0.00000225. The standard InChI is InChI=1S/C19H23Cl2NOS.ClH/c1-19(23,14-2-4-16(20)5-3-14)15-8-11-22(12-9-15)13-10-17-6-7-18(21)24-17;/h2-7,15,23H,8-13H2,1H3;1H. The van der Waals surface area contributed by atoms with E-state index in [1.165, 1.54) is 4.88 Å². The molecular weight excluding hydrogens is 397 g/mol. The molecular formula is C19H24Cl3NOS. The van der Waals surface area contributed by atoms with Crippen molar-refractivity contribution in [1.82, 2.24) is 4.90 Å². The van der Waals surface area contributed by atoms with E-state index in [0.29, 0.717) is 5.02 Å². The number of piperidine rings is 1. The predicted molar refractivity (Wildman–Crippen MR) is 110 cm³/mol. The van der Waals surface area contributed by atoms with Crippen molar-refractivity contribution in [3.63, 3.8) is 0 Å². The molecule has 2 aromatic rings. The first-order chi connectivity index (χ1) is 11.4. The van der Waals surface area contributed by atoms with Crippen LogP contribution in [0.5, 0.6) is 0 Å². The summed E-state index contributed by atoms with van der Waals surface area (Å²) in [5.41, 5.74) is 0.163. The fourth-order valence-corrected chi connectivity index (χ4v) is 4.70. The minimum Gasteiger partial charge on any atom is -0.385 e. The van der Waals surface area contributed by atoms with Gasteiger partial charge in [0.1, 0.15) is 0 Å². The SMILES string of the molecule is CC(O)(c1ccc(Cl)cc1)C1CCN(CCc2ccc(Cl)s2)CC1.Cl. The van der Waals surface area contributed by atoms with Crippen LogP contribution in [0.25, 0.3) is 0 Å². The van der Waals surface area contributed by atoms with E-state index in [1.54, 1.807) is 11.3 Å². The summed E-state index contributed by atoms with van der Waals surface area (Å²) >= 11 is 13.6. The molecule has 1 saturated heterocycles. The molecule has 3 rings (SSSR count). The Morgan fingerprint density at radius 2 is 1.76 bits per heavy atom. The molecule has 1 fully saturated rings. The Morgan fingerprint density at radius 1 is 1.12 bits per heavy atom. The quantitative estimate of drug-likeness (QED) is 0.676. The van der Waals surface area contributed by atoms with Gasteiger partial charge in [0, 0.05) is 16.4 Å².